The lowest BCUT2D eigenvalue weighted by Gasteiger charge is -2.18. The largest absolute Gasteiger partial charge is 0.382 e. The second-order valence-corrected chi connectivity index (χ2v) is 4.26. The van der Waals surface area contributed by atoms with E-state index >= 15 is 0 Å². The van der Waals surface area contributed by atoms with Gasteiger partial charge >= 0.3 is 0 Å². The van der Waals surface area contributed by atoms with Crippen LogP contribution in [0.15, 0.2) is 22.9 Å². The SMILES string of the molecule is CCN(CC)CCNc1cncc(Br)c1. The first-order valence-corrected chi connectivity index (χ1v) is 6.12. The predicted molar refractivity (Wildman–Crippen MR) is 68.2 cm³/mol. The topological polar surface area (TPSA) is 28.2 Å². The molecule has 15 heavy (non-hydrogen) atoms. The molecule has 1 heterocycles. The van der Waals surface area contributed by atoms with Gasteiger partial charge in [0.05, 0.1) is 11.9 Å². The Labute approximate surface area is 100 Å². The van der Waals surface area contributed by atoms with Crippen LogP contribution in [0.2, 0.25) is 0 Å². The van der Waals surface area contributed by atoms with Gasteiger partial charge in [0.1, 0.15) is 0 Å². The second-order valence-electron chi connectivity index (χ2n) is 3.35. The van der Waals surface area contributed by atoms with Gasteiger partial charge in [-0.2, -0.15) is 0 Å². The summed E-state index contributed by atoms with van der Waals surface area (Å²) in [6.07, 6.45) is 3.63. The van der Waals surface area contributed by atoms with Crippen LogP contribution < -0.4 is 5.32 Å². The first-order chi connectivity index (χ1) is 7.26. The first-order valence-electron chi connectivity index (χ1n) is 5.33. The molecule has 4 heteroatoms. The Morgan fingerprint density at radius 1 is 1.33 bits per heavy atom. The molecule has 0 aliphatic carbocycles. The molecule has 0 aromatic carbocycles. The van der Waals surface area contributed by atoms with Crippen molar-refractivity contribution in [1.29, 1.82) is 0 Å². The van der Waals surface area contributed by atoms with Crippen LogP contribution >= 0.6 is 15.9 Å². The summed E-state index contributed by atoms with van der Waals surface area (Å²) < 4.78 is 1.01. The van der Waals surface area contributed by atoms with Crippen molar-refractivity contribution >= 4 is 21.6 Å². The van der Waals surface area contributed by atoms with E-state index in [1.54, 1.807) is 6.20 Å². The standard InChI is InChI=1S/C11H18BrN3/c1-3-15(4-2)6-5-14-11-7-10(12)8-13-9-11/h7-9,14H,3-6H2,1-2H3. The van der Waals surface area contributed by atoms with E-state index in [0.29, 0.717) is 0 Å². The molecule has 3 nitrogen and oxygen atoms in total. The van der Waals surface area contributed by atoms with Crippen molar-refractivity contribution in [3.05, 3.63) is 22.9 Å². The normalized spacial score (nSPS) is 10.7. The summed E-state index contributed by atoms with van der Waals surface area (Å²) in [6, 6.07) is 2.04. The zero-order valence-electron chi connectivity index (χ0n) is 9.33. The quantitative estimate of drug-likeness (QED) is 0.862. The number of halogens is 1. The molecule has 0 unspecified atom stereocenters. The van der Waals surface area contributed by atoms with Crippen LogP contribution in [0, 0.1) is 0 Å². The number of hydrogen-bond donors (Lipinski definition) is 1. The summed E-state index contributed by atoms with van der Waals surface area (Å²) in [5, 5.41) is 3.35. The monoisotopic (exact) mass is 271 g/mol. The third-order valence-electron chi connectivity index (χ3n) is 2.36. The fraction of sp³-hybridized carbons (Fsp3) is 0.545. The Bertz CT molecular complexity index is 287. The molecule has 1 aromatic rings. The maximum Gasteiger partial charge on any atom is 0.0538 e. The zero-order chi connectivity index (χ0) is 11.1. The minimum absolute atomic E-state index is 0.958. The molecule has 0 aliphatic heterocycles. The van der Waals surface area contributed by atoms with Crippen LogP contribution in [0.3, 0.4) is 0 Å². The third kappa shape index (κ3) is 4.62. The van der Waals surface area contributed by atoms with E-state index in [4.69, 9.17) is 0 Å². The minimum Gasteiger partial charge on any atom is -0.382 e. The molecule has 0 spiro atoms. The van der Waals surface area contributed by atoms with Crippen LogP contribution in [-0.4, -0.2) is 36.1 Å². The molecular weight excluding hydrogens is 254 g/mol. The lowest BCUT2D eigenvalue weighted by Crippen LogP contribution is -2.28. The molecule has 0 aliphatic rings. The molecule has 0 saturated heterocycles. The highest BCUT2D eigenvalue weighted by Crippen LogP contribution is 2.13. The molecule has 0 bridgehead atoms. The van der Waals surface area contributed by atoms with E-state index < -0.39 is 0 Å². The highest BCUT2D eigenvalue weighted by atomic mass is 79.9. The van der Waals surface area contributed by atoms with E-state index in [9.17, 15) is 0 Å². The van der Waals surface area contributed by atoms with E-state index in [2.05, 4.69) is 45.0 Å². The van der Waals surface area contributed by atoms with E-state index in [0.717, 1.165) is 36.3 Å². The second kappa shape index (κ2) is 6.80. The van der Waals surface area contributed by atoms with Crippen molar-refractivity contribution in [2.75, 3.05) is 31.5 Å². The summed E-state index contributed by atoms with van der Waals surface area (Å²) in [6.45, 7) is 8.61. The first kappa shape index (κ1) is 12.5. The Balaban J connectivity index is 2.31. The van der Waals surface area contributed by atoms with Gasteiger partial charge < -0.3 is 10.2 Å². The molecule has 0 radical (unpaired) electrons. The highest BCUT2D eigenvalue weighted by molar-refractivity contribution is 9.10. The molecule has 1 aromatic heterocycles. The van der Waals surface area contributed by atoms with Crippen molar-refractivity contribution in [2.45, 2.75) is 13.8 Å². The van der Waals surface area contributed by atoms with Crippen LogP contribution in [0.1, 0.15) is 13.8 Å². The van der Waals surface area contributed by atoms with Crippen molar-refractivity contribution in [1.82, 2.24) is 9.88 Å². The van der Waals surface area contributed by atoms with Crippen LogP contribution in [0.5, 0.6) is 0 Å². The fourth-order valence-corrected chi connectivity index (χ4v) is 1.77. The summed E-state index contributed by atoms with van der Waals surface area (Å²) in [7, 11) is 0. The molecule has 0 atom stereocenters. The summed E-state index contributed by atoms with van der Waals surface area (Å²) in [5.74, 6) is 0. The zero-order valence-corrected chi connectivity index (χ0v) is 10.9. The van der Waals surface area contributed by atoms with Gasteiger partial charge in [-0.25, -0.2) is 0 Å². The van der Waals surface area contributed by atoms with E-state index in [1.807, 2.05) is 12.3 Å². The number of aromatic nitrogens is 1. The van der Waals surface area contributed by atoms with Gasteiger partial charge in [0.15, 0.2) is 0 Å². The van der Waals surface area contributed by atoms with Crippen molar-refractivity contribution in [2.24, 2.45) is 0 Å². The molecule has 1 N–H and O–H groups in total. The predicted octanol–water partition coefficient (Wildman–Crippen LogP) is 2.60. The molecule has 84 valence electrons. The number of nitrogens with zero attached hydrogens (tertiary/aromatic N) is 2. The number of anilines is 1. The number of rotatable bonds is 6. The maximum atomic E-state index is 4.10. The summed E-state index contributed by atoms with van der Waals surface area (Å²) in [4.78, 5) is 6.49. The van der Waals surface area contributed by atoms with E-state index in [-0.39, 0.29) is 0 Å². The third-order valence-corrected chi connectivity index (χ3v) is 2.79. The minimum atomic E-state index is 0.958. The van der Waals surface area contributed by atoms with Crippen LogP contribution in [0.4, 0.5) is 5.69 Å². The molecule has 1 rings (SSSR count). The average Bonchev–Trinajstić information content (AvgIpc) is 2.25. The van der Waals surface area contributed by atoms with Gasteiger partial charge in [-0.1, -0.05) is 13.8 Å². The molecule has 0 amide bonds. The van der Waals surface area contributed by atoms with Crippen molar-refractivity contribution < 1.29 is 0 Å². The fourth-order valence-electron chi connectivity index (χ4n) is 1.41. The van der Waals surface area contributed by atoms with Gasteiger partial charge in [0.2, 0.25) is 0 Å². The maximum absolute atomic E-state index is 4.10. The van der Waals surface area contributed by atoms with Crippen molar-refractivity contribution in [3.8, 4) is 0 Å². The number of pyridine rings is 1. The van der Waals surface area contributed by atoms with Gasteiger partial charge in [0, 0.05) is 23.8 Å². The molecule has 0 fully saturated rings. The van der Waals surface area contributed by atoms with E-state index in [1.165, 1.54) is 0 Å². The van der Waals surface area contributed by atoms with Crippen molar-refractivity contribution in [3.63, 3.8) is 0 Å². The number of hydrogen-bond acceptors (Lipinski definition) is 3. The van der Waals surface area contributed by atoms with Crippen LogP contribution in [-0.2, 0) is 0 Å². The number of likely N-dealkylation sites (N-methyl/N-ethyl adjacent to an activating group) is 1. The van der Waals surface area contributed by atoms with Gasteiger partial charge in [-0.3, -0.25) is 4.98 Å². The summed E-state index contributed by atoms with van der Waals surface area (Å²) >= 11 is 3.40. The Kier molecular flexibility index (Phi) is 5.65. The molecule has 0 saturated carbocycles. The number of nitrogens with one attached hydrogen (secondary N) is 1. The Hall–Kier alpha value is -0.610. The Morgan fingerprint density at radius 2 is 2.07 bits per heavy atom. The van der Waals surface area contributed by atoms with Gasteiger partial charge in [0.25, 0.3) is 0 Å². The Morgan fingerprint density at radius 3 is 2.67 bits per heavy atom. The van der Waals surface area contributed by atoms with Gasteiger partial charge in [-0.05, 0) is 35.1 Å². The van der Waals surface area contributed by atoms with Gasteiger partial charge in [-0.15, -0.1) is 0 Å². The highest BCUT2D eigenvalue weighted by Gasteiger charge is 1.98. The lowest BCUT2D eigenvalue weighted by molar-refractivity contribution is 0.316. The molecular formula is C11H18BrN3. The average molecular weight is 272 g/mol. The van der Waals surface area contributed by atoms with Crippen LogP contribution in [0.25, 0.3) is 0 Å². The smallest absolute Gasteiger partial charge is 0.0538 e. The lowest BCUT2D eigenvalue weighted by atomic mass is 10.4. The summed E-state index contributed by atoms with van der Waals surface area (Å²) in [5.41, 5.74) is 1.07.